The zero-order valence-electron chi connectivity index (χ0n) is 14.1. The van der Waals surface area contributed by atoms with Crippen LogP contribution in [0.25, 0.3) is 11.3 Å². The summed E-state index contributed by atoms with van der Waals surface area (Å²) < 4.78 is 0. The molecule has 8 nitrogen and oxygen atoms in total. The number of nitrogens with zero attached hydrogens (tertiary/aromatic N) is 2. The first-order chi connectivity index (χ1) is 12.9. The molecule has 3 aromatic rings. The zero-order valence-corrected chi connectivity index (χ0v) is 14.9. The van der Waals surface area contributed by atoms with Gasteiger partial charge in [-0.05, 0) is 36.8 Å². The van der Waals surface area contributed by atoms with Gasteiger partial charge in [-0.25, -0.2) is 0 Å². The number of carbonyl (C=O) groups excluding carboxylic acids is 1. The van der Waals surface area contributed by atoms with E-state index < -0.39 is 11.1 Å². The molecule has 1 aromatic heterocycles. The summed E-state index contributed by atoms with van der Waals surface area (Å²) in [5.41, 5.74) is 4.17. The number of aromatic nitrogens is 2. The van der Waals surface area contributed by atoms with Crippen molar-refractivity contribution in [2.75, 3.05) is 5.32 Å². The molecule has 9 heteroatoms. The number of hydrogen-bond acceptors (Lipinski definition) is 5. The highest BCUT2D eigenvalue weighted by Crippen LogP contribution is 2.34. The molecule has 2 heterocycles. The van der Waals surface area contributed by atoms with Crippen molar-refractivity contribution in [1.29, 1.82) is 0 Å². The molecule has 0 fully saturated rings. The van der Waals surface area contributed by atoms with E-state index in [0.29, 0.717) is 22.0 Å². The summed E-state index contributed by atoms with van der Waals surface area (Å²) >= 11 is 6.05. The molecule has 1 amide bonds. The Bertz CT molecular complexity index is 1060. The van der Waals surface area contributed by atoms with Crippen molar-refractivity contribution in [3.8, 4) is 11.3 Å². The van der Waals surface area contributed by atoms with Crippen molar-refractivity contribution in [3.63, 3.8) is 0 Å². The van der Waals surface area contributed by atoms with Crippen LogP contribution in [0.4, 0.5) is 11.4 Å². The van der Waals surface area contributed by atoms with Gasteiger partial charge in [-0.2, -0.15) is 5.10 Å². The third-order valence-corrected chi connectivity index (χ3v) is 4.67. The number of non-ortho nitro benzene ring substituents is 1. The van der Waals surface area contributed by atoms with Crippen molar-refractivity contribution in [2.45, 2.75) is 13.1 Å². The summed E-state index contributed by atoms with van der Waals surface area (Å²) in [5.74, 6) is -0.241. The van der Waals surface area contributed by atoms with Crippen LogP contribution in [-0.2, 0) is 0 Å². The Hall–Kier alpha value is -3.39. The minimum Gasteiger partial charge on any atom is -0.361 e. The van der Waals surface area contributed by atoms with Crippen molar-refractivity contribution in [1.82, 2.24) is 15.5 Å². The van der Waals surface area contributed by atoms with E-state index in [2.05, 4.69) is 20.8 Å². The Morgan fingerprint density at radius 1 is 1.19 bits per heavy atom. The number of nitrogens with one attached hydrogen (secondary N) is 3. The van der Waals surface area contributed by atoms with Crippen LogP contribution < -0.4 is 10.6 Å². The number of hydrogen-bond donors (Lipinski definition) is 3. The second-order valence-corrected chi connectivity index (χ2v) is 6.64. The monoisotopic (exact) mass is 383 g/mol. The van der Waals surface area contributed by atoms with Gasteiger partial charge in [0.05, 0.1) is 28.1 Å². The van der Waals surface area contributed by atoms with E-state index in [9.17, 15) is 14.9 Å². The number of benzene rings is 2. The number of H-pyrrole nitrogens is 1. The number of fused-ring (bicyclic) bond motifs is 1. The van der Waals surface area contributed by atoms with Crippen molar-refractivity contribution in [2.24, 2.45) is 0 Å². The van der Waals surface area contributed by atoms with Gasteiger partial charge in [0.15, 0.2) is 0 Å². The first-order valence-electron chi connectivity index (χ1n) is 8.09. The Labute approximate surface area is 158 Å². The molecular formula is C18H14ClN5O3. The molecule has 2 aromatic carbocycles. The second-order valence-electron chi connectivity index (χ2n) is 6.20. The van der Waals surface area contributed by atoms with E-state index >= 15 is 0 Å². The maximum atomic E-state index is 12.5. The molecule has 136 valence electrons. The quantitative estimate of drug-likeness (QED) is 0.470. The Kier molecular flexibility index (Phi) is 4.04. The van der Waals surface area contributed by atoms with E-state index in [4.69, 9.17) is 11.6 Å². The van der Waals surface area contributed by atoms with Crippen LogP contribution >= 0.6 is 11.6 Å². The number of nitro benzene ring substituents is 1. The molecule has 0 saturated carbocycles. The van der Waals surface area contributed by atoms with Gasteiger partial charge in [0, 0.05) is 28.3 Å². The number of rotatable bonds is 3. The third-order valence-electron chi connectivity index (χ3n) is 4.46. The fourth-order valence-corrected chi connectivity index (χ4v) is 3.43. The summed E-state index contributed by atoms with van der Waals surface area (Å²) in [6.07, 6.45) is 1.11. The number of aryl methyl sites for hydroxylation is 1. The minimum atomic E-state index is -0.506. The highest BCUT2D eigenvalue weighted by Gasteiger charge is 2.29. The molecule has 3 N–H and O–H groups in total. The summed E-state index contributed by atoms with van der Waals surface area (Å²) in [4.78, 5) is 22.9. The lowest BCUT2D eigenvalue weighted by Gasteiger charge is -2.29. The van der Waals surface area contributed by atoms with Crippen LogP contribution in [0.5, 0.6) is 0 Å². The maximum Gasteiger partial charge on any atom is 0.269 e. The molecule has 1 aliphatic heterocycles. The minimum absolute atomic E-state index is 0.00494. The highest BCUT2D eigenvalue weighted by molar-refractivity contribution is 6.31. The van der Waals surface area contributed by atoms with Gasteiger partial charge in [0.2, 0.25) is 0 Å². The summed E-state index contributed by atoms with van der Waals surface area (Å²) in [7, 11) is 0. The van der Waals surface area contributed by atoms with E-state index in [-0.39, 0.29) is 11.6 Å². The number of aromatic amines is 1. The van der Waals surface area contributed by atoms with Crippen LogP contribution in [0.1, 0.15) is 27.7 Å². The molecule has 0 radical (unpaired) electrons. The average Bonchev–Trinajstić information content (AvgIpc) is 3.12. The van der Waals surface area contributed by atoms with Crippen LogP contribution in [-0.4, -0.2) is 21.0 Å². The largest absolute Gasteiger partial charge is 0.361 e. The van der Waals surface area contributed by atoms with Gasteiger partial charge in [0.1, 0.15) is 6.17 Å². The van der Waals surface area contributed by atoms with E-state index in [1.807, 2.05) is 6.92 Å². The number of nitro groups is 1. The molecule has 0 saturated heterocycles. The van der Waals surface area contributed by atoms with Gasteiger partial charge in [0.25, 0.3) is 11.6 Å². The first kappa shape index (κ1) is 17.0. The highest BCUT2D eigenvalue weighted by atomic mass is 35.5. The Morgan fingerprint density at radius 3 is 2.63 bits per heavy atom. The predicted octanol–water partition coefficient (Wildman–Crippen LogP) is 3.80. The molecule has 4 rings (SSSR count). The van der Waals surface area contributed by atoms with E-state index in [0.717, 1.165) is 16.7 Å². The van der Waals surface area contributed by atoms with Crippen molar-refractivity contribution >= 4 is 28.9 Å². The topological polar surface area (TPSA) is 113 Å². The van der Waals surface area contributed by atoms with Gasteiger partial charge in [-0.15, -0.1) is 0 Å². The number of anilines is 1. The fourth-order valence-electron chi connectivity index (χ4n) is 3.15. The lowest BCUT2D eigenvalue weighted by Crippen LogP contribution is -2.38. The van der Waals surface area contributed by atoms with Crippen molar-refractivity contribution in [3.05, 3.63) is 74.4 Å². The average molecular weight is 384 g/mol. The SMILES string of the molecule is Cc1cc(Cl)cc2c1NC(c1cn[nH]c1-c1ccc([N+](=O)[O-])cc1)NC2=O. The number of amides is 1. The molecule has 0 bridgehead atoms. The predicted molar refractivity (Wildman–Crippen MR) is 101 cm³/mol. The van der Waals surface area contributed by atoms with Crippen LogP contribution in [0.3, 0.4) is 0 Å². The smallest absolute Gasteiger partial charge is 0.269 e. The molecule has 0 spiro atoms. The summed E-state index contributed by atoms with van der Waals surface area (Å²) in [6.45, 7) is 1.87. The summed E-state index contributed by atoms with van der Waals surface area (Å²) in [5, 5.41) is 24.5. The van der Waals surface area contributed by atoms with Crippen molar-refractivity contribution < 1.29 is 9.72 Å². The molecular weight excluding hydrogens is 370 g/mol. The molecule has 1 aliphatic rings. The van der Waals surface area contributed by atoms with Gasteiger partial charge < -0.3 is 10.6 Å². The second kappa shape index (κ2) is 6.40. The number of halogens is 1. The Balaban J connectivity index is 1.71. The van der Waals surface area contributed by atoms with Crippen LogP contribution in [0, 0.1) is 17.0 Å². The van der Waals surface area contributed by atoms with Gasteiger partial charge in [-0.3, -0.25) is 20.0 Å². The van der Waals surface area contributed by atoms with Gasteiger partial charge >= 0.3 is 0 Å². The normalized spacial score (nSPS) is 15.6. The maximum absolute atomic E-state index is 12.5. The Morgan fingerprint density at radius 2 is 1.93 bits per heavy atom. The van der Waals surface area contributed by atoms with E-state index in [1.165, 1.54) is 12.1 Å². The molecule has 1 atom stereocenters. The lowest BCUT2D eigenvalue weighted by atomic mass is 10.0. The number of carbonyl (C=O) groups is 1. The van der Waals surface area contributed by atoms with E-state index in [1.54, 1.807) is 30.5 Å². The van der Waals surface area contributed by atoms with Crippen LogP contribution in [0.2, 0.25) is 5.02 Å². The summed E-state index contributed by atoms with van der Waals surface area (Å²) in [6, 6.07) is 9.53. The van der Waals surface area contributed by atoms with Crippen LogP contribution in [0.15, 0.2) is 42.6 Å². The third kappa shape index (κ3) is 3.00. The molecule has 1 unspecified atom stereocenters. The zero-order chi connectivity index (χ0) is 19.1. The standard InChI is InChI=1S/C18H14ClN5O3/c1-9-6-11(19)7-13-15(9)21-17(22-18(13)25)14-8-20-23-16(14)10-2-4-12(5-3-10)24(26)27/h2-8,17,21H,1H3,(H,20,23)(H,22,25). The molecule has 0 aliphatic carbocycles. The molecule has 27 heavy (non-hydrogen) atoms. The lowest BCUT2D eigenvalue weighted by molar-refractivity contribution is -0.384. The van der Waals surface area contributed by atoms with Gasteiger partial charge in [-0.1, -0.05) is 11.6 Å². The fraction of sp³-hybridized carbons (Fsp3) is 0.111. The first-order valence-corrected chi connectivity index (χ1v) is 8.47.